The van der Waals surface area contributed by atoms with Crippen LogP contribution in [0.2, 0.25) is 5.02 Å². The molecule has 27 heavy (non-hydrogen) atoms. The summed E-state index contributed by atoms with van der Waals surface area (Å²) < 4.78 is 64.8. The second-order valence-corrected chi connectivity index (χ2v) is 9.48. The molecule has 0 radical (unpaired) electrons. The fourth-order valence-electron chi connectivity index (χ4n) is 2.79. The number of hydrogen-bond acceptors (Lipinski definition) is 5. The molecule has 0 bridgehead atoms. The number of hydrogen-bond donors (Lipinski definition) is 1. The number of rotatable bonds is 4. The number of anilines is 1. The van der Waals surface area contributed by atoms with E-state index < -0.39 is 27.3 Å². The Kier molecular flexibility index (Phi) is 7.07. The summed E-state index contributed by atoms with van der Waals surface area (Å²) in [6, 6.07) is 4.51. The second-order valence-electron chi connectivity index (χ2n) is 5.92. The molecule has 150 valence electrons. The highest BCUT2D eigenvalue weighted by molar-refractivity contribution is 7.92. The van der Waals surface area contributed by atoms with E-state index in [-0.39, 0.29) is 27.2 Å². The summed E-state index contributed by atoms with van der Waals surface area (Å²) in [6.45, 7) is 3.11. The van der Waals surface area contributed by atoms with Crippen LogP contribution in [0.4, 0.5) is 18.9 Å². The summed E-state index contributed by atoms with van der Waals surface area (Å²) in [5.41, 5.74) is -0.552. The van der Waals surface area contributed by atoms with Crippen LogP contribution in [0.5, 0.6) is 0 Å². The Bertz CT molecular complexity index is 895. The Morgan fingerprint density at radius 1 is 1.19 bits per heavy atom. The topological polar surface area (TPSA) is 49.4 Å². The molecule has 0 aliphatic carbocycles. The van der Waals surface area contributed by atoms with E-state index in [1.807, 2.05) is 4.90 Å². The highest BCUT2D eigenvalue weighted by atomic mass is 35.5. The van der Waals surface area contributed by atoms with Crippen molar-refractivity contribution in [2.45, 2.75) is 16.1 Å². The third kappa shape index (κ3) is 5.29. The molecule has 0 unspecified atom stereocenters. The lowest BCUT2D eigenvalue weighted by molar-refractivity contribution is -0.138. The van der Waals surface area contributed by atoms with Crippen molar-refractivity contribution in [3.05, 3.63) is 45.8 Å². The molecule has 1 fully saturated rings. The maximum atomic E-state index is 13.2. The first-order valence-electron chi connectivity index (χ1n) is 7.79. The molecule has 3 rings (SSSR count). The van der Waals surface area contributed by atoms with Crippen LogP contribution in [0.1, 0.15) is 11.1 Å². The molecule has 1 N–H and O–H groups in total. The Hall–Kier alpha value is -1.00. The van der Waals surface area contributed by atoms with Crippen molar-refractivity contribution in [3.8, 4) is 0 Å². The Morgan fingerprint density at radius 2 is 1.85 bits per heavy atom. The fraction of sp³-hybridized carbons (Fsp3) is 0.375. The molecule has 2 heterocycles. The molecule has 1 aromatic heterocycles. The summed E-state index contributed by atoms with van der Waals surface area (Å²) in [5.74, 6) is -0.746. The van der Waals surface area contributed by atoms with Gasteiger partial charge in [0.15, 0.2) is 9.84 Å². The van der Waals surface area contributed by atoms with E-state index in [1.54, 1.807) is 5.38 Å². The summed E-state index contributed by atoms with van der Waals surface area (Å²) in [7, 11) is -3.91. The van der Waals surface area contributed by atoms with Crippen LogP contribution in [0.15, 0.2) is 33.9 Å². The van der Waals surface area contributed by atoms with Crippen LogP contribution in [0, 0.1) is 0 Å². The van der Waals surface area contributed by atoms with Gasteiger partial charge in [0.05, 0.1) is 11.3 Å². The van der Waals surface area contributed by atoms with Gasteiger partial charge < -0.3 is 10.2 Å². The number of thiophene rings is 1. The first kappa shape index (κ1) is 22.3. The molecular weight excluding hydrogens is 444 g/mol. The fourth-order valence-corrected chi connectivity index (χ4v) is 5.63. The highest BCUT2D eigenvalue weighted by Crippen LogP contribution is 2.36. The third-order valence-corrected chi connectivity index (χ3v) is 7.49. The van der Waals surface area contributed by atoms with Gasteiger partial charge in [0.1, 0.15) is 4.21 Å². The SMILES string of the molecule is Cl.O=S(=O)(Cc1cc(Cl)ccc1C(F)(F)F)c1cc(N2CCNCC2)cs1. The van der Waals surface area contributed by atoms with Crippen LogP contribution in [-0.2, 0) is 21.8 Å². The lowest BCUT2D eigenvalue weighted by Crippen LogP contribution is -2.43. The zero-order chi connectivity index (χ0) is 18.9. The summed E-state index contributed by atoms with van der Waals surface area (Å²) in [6.07, 6.45) is -4.64. The largest absolute Gasteiger partial charge is 0.416 e. The van der Waals surface area contributed by atoms with Crippen molar-refractivity contribution in [1.29, 1.82) is 0 Å². The first-order chi connectivity index (χ1) is 12.2. The molecule has 1 aromatic carbocycles. The molecule has 0 spiro atoms. The molecule has 0 amide bonds. The van der Waals surface area contributed by atoms with E-state index in [1.165, 1.54) is 6.07 Å². The first-order valence-corrected chi connectivity index (χ1v) is 10.7. The summed E-state index contributed by atoms with van der Waals surface area (Å²) in [5, 5.41) is 4.99. The molecular formula is C16H17Cl2F3N2O2S2. The van der Waals surface area contributed by atoms with Crippen LogP contribution >= 0.6 is 35.3 Å². The van der Waals surface area contributed by atoms with Gasteiger partial charge in [0.25, 0.3) is 0 Å². The molecule has 4 nitrogen and oxygen atoms in total. The van der Waals surface area contributed by atoms with E-state index >= 15 is 0 Å². The monoisotopic (exact) mass is 460 g/mol. The predicted octanol–water partition coefficient (Wildman–Crippen LogP) is 4.23. The standard InChI is InChI=1S/C16H16ClF3N2O2S2.ClH/c17-12-1-2-14(16(18,19)20)11(7-12)10-26(23,24)15-8-13(9-25-15)22-5-3-21-4-6-22;/h1-2,7-9,21H,3-6,10H2;1H. The average Bonchev–Trinajstić information content (AvgIpc) is 3.05. The maximum Gasteiger partial charge on any atom is 0.416 e. The van der Waals surface area contributed by atoms with Crippen molar-refractivity contribution in [2.24, 2.45) is 0 Å². The predicted molar refractivity (Wildman–Crippen MR) is 104 cm³/mol. The lowest BCUT2D eigenvalue weighted by Gasteiger charge is -2.28. The number of benzene rings is 1. The van der Waals surface area contributed by atoms with Gasteiger partial charge in [-0.05, 0) is 29.8 Å². The lowest BCUT2D eigenvalue weighted by atomic mass is 10.1. The van der Waals surface area contributed by atoms with E-state index in [0.29, 0.717) is 0 Å². The zero-order valence-electron chi connectivity index (χ0n) is 13.9. The van der Waals surface area contributed by atoms with Gasteiger partial charge >= 0.3 is 6.18 Å². The number of nitrogens with one attached hydrogen (secondary N) is 1. The van der Waals surface area contributed by atoms with Crippen molar-refractivity contribution in [2.75, 3.05) is 31.1 Å². The minimum atomic E-state index is -4.64. The van der Waals surface area contributed by atoms with Gasteiger partial charge in [-0.3, -0.25) is 0 Å². The van der Waals surface area contributed by atoms with Crippen LogP contribution in [0.3, 0.4) is 0 Å². The normalized spacial score (nSPS) is 15.5. The number of halogens is 5. The van der Waals surface area contributed by atoms with Gasteiger partial charge in [0, 0.05) is 42.3 Å². The van der Waals surface area contributed by atoms with E-state index in [0.717, 1.165) is 61.4 Å². The highest BCUT2D eigenvalue weighted by Gasteiger charge is 2.35. The molecule has 1 aliphatic heterocycles. The quantitative estimate of drug-likeness (QED) is 0.741. The zero-order valence-corrected chi connectivity index (χ0v) is 17.1. The molecule has 2 aromatic rings. The number of sulfone groups is 1. The number of piperazine rings is 1. The maximum absolute atomic E-state index is 13.2. The van der Waals surface area contributed by atoms with Crippen molar-refractivity contribution < 1.29 is 21.6 Å². The van der Waals surface area contributed by atoms with Gasteiger partial charge in [-0.2, -0.15) is 13.2 Å². The average molecular weight is 461 g/mol. The van der Waals surface area contributed by atoms with Gasteiger partial charge in [-0.1, -0.05) is 11.6 Å². The van der Waals surface area contributed by atoms with Gasteiger partial charge in [-0.25, -0.2) is 8.42 Å². The number of alkyl halides is 3. The van der Waals surface area contributed by atoms with Crippen molar-refractivity contribution in [1.82, 2.24) is 5.32 Å². The van der Waals surface area contributed by atoms with Crippen molar-refractivity contribution in [3.63, 3.8) is 0 Å². The molecule has 1 saturated heterocycles. The van der Waals surface area contributed by atoms with E-state index in [2.05, 4.69) is 5.32 Å². The Balaban J connectivity index is 0.00000261. The summed E-state index contributed by atoms with van der Waals surface area (Å²) in [4.78, 5) is 2.05. The number of nitrogens with zero attached hydrogens (tertiary/aromatic N) is 1. The Morgan fingerprint density at radius 3 is 2.48 bits per heavy atom. The molecule has 0 saturated carbocycles. The Labute approximate surface area is 170 Å². The second kappa shape index (κ2) is 8.57. The molecule has 0 atom stereocenters. The van der Waals surface area contributed by atoms with Crippen molar-refractivity contribution >= 4 is 50.9 Å². The van der Waals surface area contributed by atoms with Crippen LogP contribution < -0.4 is 10.2 Å². The van der Waals surface area contributed by atoms with Gasteiger partial charge in [0.2, 0.25) is 0 Å². The van der Waals surface area contributed by atoms with Crippen LogP contribution in [0.25, 0.3) is 0 Å². The third-order valence-electron chi connectivity index (χ3n) is 4.07. The summed E-state index contributed by atoms with van der Waals surface area (Å²) >= 11 is 6.80. The minimum Gasteiger partial charge on any atom is -0.368 e. The van der Waals surface area contributed by atoms with E-state index in [9.17, 15) is 21.6 Å². The van der Waals surface area contributed by atoms with Gasteiger partial charge in [-0.15, -0.1) is 23.7 Å². The van der Waals surface area contributed by atoms with E-state index in [4.69, 9.17) is 11.6 Å². The van der Waals surface area contributed by atoms with Crippen LogP contribution in [-0.4, -0.2) is 34.6 Å². The molecule has 1 aliphatic rings. The molecule has 11 heteroatoms. The smallest absolute Gasteiger partial charge is 0.368 e. The minimum absolute atomic E-state index is 0.